The molecule has 13 heavy (non-hydrogen) atoms. The molecule has 1 heterocycles. The van der Waals surface area contributed by atoms with Crippen molar-refractivity contribution in [3.05, 3.63) is 12.3 Å². The molecule has 1 atom stereocenters. The van der Waals surface area contributed by atoms with Gasteiger partial charge in [-0.1, -0.05) is 13.5 Å². The Bertz CT molecular complexity index is 213. The van der Waals surface area contributed by atoms with Crippen LogP contribution >= 0.6 is 0 Å². The van der Waals surface area contributed by atoms with Crippen LogP contribution in [0.4, 0.5) is 0 Å². The zero-order valence-corrected chi connectivity index (χ0v) is 8.38. The van der Waals surface area contributed by atoms with Gasteiger partial charge in [0.05, 0.1) is 6.61 Å². The van der Waals surface area contributed by atoms with E-state index >= 15 is 0 Å². The SMILES string of the molecule is C=C1C(=O)OCCCN1C(C)CC. The molecule has 0 aliphatic carbocycles. The molecule has 0 aromatic carbocycles. The van der Waals surface area contributed by atoms with E-state index in [1.54, 1.807) is 0 Å². The summed E-state index contributed by atoms with van der Waals surface area (Å²) in [5.74, 6) is -0.266. The first-order valence-electron chi connectivity index (χ1n) is 4.79. The summed E-state index contributed by atoms with van der Waals surface area (Å²) in [4.78, 5) is 13.3. The molecular formula is C10H17NO2. The minimum absolute atomic E-state index is 0.266. The van der Waals surface area contributed by atoms with Gasteiger partial charge in [0.2, 0.25) is 0 Å². The van der Waals surface area contributed by atoms with Crippen molar-refractivity contribution in [1.29, 1.82) is 0 Å². The maximum Gasteiger partial charge on any atom is 0.353 e. The molecule has 0 bridgehead atoms. The van der Waals surface area contributed by atoms with Crippen LogP contribution in [-0.4, -0.2) is 30.1 Å². The maximum atomic E-state index is 11.3. The van der Waals surface area contributed by atoms with Gasteiger partial charge in [-0.05, 0) is 19.8 Å². The van der Waals surface area contributed by atoms with E-state index in [4.69, 9.17) is 4.74 Å². The van der Waals surface area contributed by atoms with Crippen molar-refractivity contribution in [3.8, 4) is 0 Å². The number of hydrogen-bond acceptors (Lipinski definition) is 3. The molecule has 3 heteroatoms. The van der Waals surface area contributed by atoms with Gasteiger partial charge in [0.1, 0.15) is 5.70 Å². The van der Waals surface area contributed by atoms with Crippen LogP contribution in [0.2, 0.25) is 0 Å². The first-order valence-corrected chi connectivity index (χ1v) is 4.79. The number of rotatable bonds is 2. The number of carbonyl (C=O) groups is 1. The lowest BCUT2D eigenvalue weighted by molar-refractivity contribution is -0.139. The van der Waals surface area contributed by atoms with Gasteiger partial charge < -0.3 is 9.64 Å². The summed E-state index contributed by atoms with van der Waals surface area (Å²) in [6.07, 6.45) is 1.92. The minimum atomic E-state index is -0.266. The van der Waals surface area contributed by atoms with Crippen molar-refractivity contribution in [2.75, 3.05) is 13.2 Å². The second-order valence-corrected chi connectivity index (χ2v) is 3.39. The van der Waals surface area contributed by atoms with E-state index in [0.717, 1.165) is 19.4 Å². The van der Waals surface area contributed by atoms with Crippen molar-refractivity contribution in [3.63, 3.8) is 0 Å². The number of carbonyl (C=O) groups excluding carboxylic acids is 1. The highest BCUT2D eigenvalue weighted by molar-refractivity contribution is 5.87. The van der Waals surface area contributed by atoms with E-state index in [9.17, 15) is 4.79 Å². The molecule has 0 aromatic heterocycles. The van der Waals surface area contributed by atoms with Crippen LogP contribution in [-0.2, 0) is 9.53 Å². The van der Waals surface area contributed by atoms with Crippen molar-refractivity contribution < 1.29 is 9.53 Å². The highest BCUT2D eigenvalue weighted by atomic mass is 16.5. The average molecular weight is 183 g/mol. The van der Waals surface area contributed by atoms with Crippen LogP contribution in [0.25, 0.3) is 0 Å². The highest BCUT2D eigenvalue weighted by Gasteiger charge is 2.23. The molecule has 1 saturated heterocycles. The van der Waals surface area contributed by atoms with Gasteiger partial charge in [0.25, 0.3) is 0 Å². The van der Waals surface area contributed by atoms with Crippen LogP contribution in [0.1, 0.15) is 26.7 Å². The molecule has 0 N–H and O–H groups in total. The number of esters is 1. The third kappa shape index (κ3) is 2.23. The summed E-state index contributed by atoms with van der Waals surface area (Å²) >= 11 is 0. The van der Waals surface area contributed by atoms with Gasteiger partial charge in [-0.2, -0.15) is 0 Å². The molecule has 0 amide bonds. The minimum Gasteiger partial charge on any atom is -0.461 e. The fraction of sp³-hybridized carbons (Fsp3) is 0.700. The Labute approximate surface area is 79.4 Å². The first-order chi connectivity index (χ1) is 6.16. The molecule has 1 aliphatic rings. The second-order valence-electron chi connectivity index (χ2n) is 3.39. The third-order valence-corrected chi connectivity index (χ3v) is 2.48. The first kappa shape index (κ1) is 10.1. The van der Waals surface area contributed by atoms with Crippen LogP contribution in [0.3, 0.4) is 0 Å². The molecule has 0 spiro atoms. The predicted molar refractivity (Wildman–Crippen MR) is 51.2 cm³/mol. The number of cyclic esters (lactones) is 1. The summed E-state index contributed by atoms with van der Waals surface area (Å²) in [7, 11) is 0. The summed E-state index contributed by atoms with van der Waals surface area (Å²) in [5, 5.41) is 0. The predicted octanol–water partition coefficient (Wildman–Crippen LogP) is 1.55. The van der Waals surface area contributed by atoms with Gasteiger partial charge in [-0.25, -0.2) is 4.79 Å². The second kappa shape index (κ2) is 4.30. The monoisotopic (exact) mass is 183 g/mol. The molecule has 3 nitrogen and oxygen atoms in total. The number of hydrogen-bond donors (Lipinski definition) is 0. The topological polar surface area (TPSA) is 29.5 Å². The van der Waals surface area contributed by atoms with E-state index in [1.165, 1.54) is 0 Å². The van der Waals surface area contributed by atoms with Crippen LogP contribution < -0.4 is 0 Å². The van der Waals surface area contributed by atoms with Gasteiger partial charge in [0, 0.05) is 12.6 Å². The Balaban J connectivity index is 2.70. The molecular weight excluding hydrogens is 166 g/mol. The van der Waals surface area contributed by atoms with Gasteiger partial charge in [0.15, 0.2) is 0 Å². The summed E-state index contributed by atoms with van der Waals surface area (Å²) in [6.45, 7) is 9.36. The zero-order chi connectivity index (χ0) is 9.84. The van der Waals surface area contributed by atoms with Gasteiger partial charge >= 0.3 is 5.97 Å². The number of nitrogens with zero attached hydrogens (tertiary/aromatic N) is 1. The van der Waals surface area contributed by atoms with E-state index in [1.807, 2.05) is 4.90 Å². The summed E-state index contributed by atoms with van der Waals surface area (Å²) in [5.41, 5.74) is 0.506. The largest absolute Gasteiger partial charge is 0.461 e. The normalized spacial score (nSPS) is 20.9. The Morgan fingerprint density at radius 3 is 3.00 bits per heavy atom. The standard InChI is InChI=1S/C10H17NO2/c1-4-8(2)11-6-5-7-13-10(12)9(11)3/h8H,3-7H2,1-2H3. The molecule has 0 saturated carbocycles. The van der Waals surface area contributed by atoms with Crippen LogP contribution in [0.5, 0.6) is 0 Å². The Morgan fingerprint density at radius 1 is 1.69 bits per heavy atom. The van der Waals surface area contributed by atoms with E-state index in [0.29, 0.717) is 18.3 Å². The Kier molecular flexibility index (Phi) is 3.34. The van der Waals surface area contributed by atoms with E-state index in [-0.39, 0.29) is 5.97 Å². The van der Waals surface area contributed by atoms with Crippen molar-refractivity contribution in [2.45, 2.75) is 32.7 Å². The molecule has 1 aliphatic heterocycles. The summed E-state index contributed by atoms with van der Waals surface area (Å²) < 4.78 is 4.96. The lowest BCUT2D eigenvalue weighted by Gasteiger charge is -2.28. The third-order valence-electron chi connectivity index (χ3n) is 2.48. The fourth-order valence-corrected chi connectivity index (χ4v) is 1.44. The molecule has 1 unspecified atom stereocenters. The zero-order valence-electron chi connectivity index (χ0n) is 8.38. The van der Waals surface area contributed by atoms with Gasteiger partial charge in [-0.3, -0.25) is 0 Å². The smallest absolute Gasteiger partial charge is 0.353 e. The van der Waals surface area contributed by atoms with Crippen molar-refractivity contribution in [2.24, 2.45) is 0 Å². The highest BCUT2D eigenvalue weighted by Crippen LogP contribution is 2.15. The average Bonchev–Trinajstić information content (AvgIpc) is 2.29. The Hall–Kier alpha value is -0.990. The van der Waals surface area contributed by atoms with Crippen LogP contribution in [0, 0.1) is 0 Å². The fourth-order valence-electron chi connectivity index (χ4n) is 1.44. The molecule has 1 fully saturated rings. The van der Waals surface area contributed by atoms with Crippen molar-refractivity contribution >= 4 is 5.97 Å². The number of ether oxygens (including phenoxy) is 1. The molecule has 1 rings (SSSR count). The summed E-state index contributed by atoms with van der Waals surface area (Å²) in [6, 6.07) is 0.373. The maximum absolute atomic E-state index is 11.3. The lowest BCUT2D eigenvalue weighted by atomic mass is 10.2. The molecule has 0 aromatic rings. The van der Waals surface area contributed by atoms with Crippen molar-refractivity contribution in [1.82, 2.24) is 4.90 Å². The molecule has 0 radical (unpaired) electrons. The van der Waals surface area contributed by atoms with Gasteiger partial charge in [-0.15, -0.1) is 0 Å². The van der Waals surface area contributed by atoms with Crippen LogP contribution in [0.15, 0.2) is 12.3 Å². The molecule has 74 valence electrons. The Morgan fingerprint density at radius 2 is 2.38 bits per heavy atom. The van der Waals surface area contributed by atoms with E-state index in [2.05, 4.69) is 20.4 Å². The lowest BCUT2D eigenvalue weighted by Crippen LogP contribution is -2.34. The quantitative estimate of drug-likeness (QED) is 0.480. The van der Waals surface area contributed by atoms with E-state index < -0.39 is 0 Å².